The van der Waals surface area contributed by atoms with Crippen LogP contribution in [0.5, 0.6) is 11.5 Å². The predicted molar refractivity (Wildman–Crippen MR) is 84.2 cm³/mol. The van der Waals surface area contributed by atoms with E-state index in [1.807, 2.05) is 13.8 Å². The third kappa shape index (κ3) is 4.21. The Balaban J connectivity index is 0.00000139. The number of methoxy groups -OCH3 is 1. The van der Waals surface area contributed by atoms with Crippen molar-refractivity contribution < 1.29 is 32.2 Å². The molecule has 0 amide bonds. The highest BCUT2D eigenvalue weighted by atomic mass is 19.4. The number of fused-ring (bicyclic) bond motifs is 1. The summed E-state index contributed by atoms with van der Waals surface area (Å²) in [6.45, 7) is 7.25. The number of hydrogen-bond acceptors (Lipinski definition) is 4. The molecular weight excluding hydrogens is 325 g/mol. The van der Waals surface area contributed by atoms with E-state index in [1.165, 1.54) is 20.1 Å². The molecule has 0 saturated heterocycles. The number of hydrogen-bond donors (Lipinski definition) is 0. The van der Waals surface area contributed by atoms with Crippen LogP contribution >= 0.6 is 0 Å². The van der Waals surface area contributed by atoms with Gasteiger partial charge in [-0.25, -0.2) is 4.79 Å². The highest BCUT2D eigenvalue weighted by Crippen LogP contribution is 2.40. The molecule has 0 aromatic heterocycles. The van der Waals surface area contributed by atoms with E-state index >= 15 is 0 Å². The van der Waals surface area contributed by atoms with E-state index in [1.54, 1.807) is 13.0 Å². The summed E-state index contributed by atoms with van der Waals surface area (Å²) in [7, 11) is 1.42. The molecule has 0 fully saturated rings. The zero-order chi connectivity index (χ0) is 18.5. The van der Waals surface area contributed by atoms with E-state index < -0.39 is 23.8 Å². The van der Waals surface area contributed by atoms with Crippen LogP contribution in [0, 0.1) is 6.92 Å². The minimum atomic E-state index is -4.73. The van der Waals surface area contributed by atoms with Gasteiger partial charge in [-0.15, -0.1) is 0 Å². The lowest BCUT2D eigenvalue weighted by molar-refractivity contribution is -0.187. The van der Waals surface area contributed by atoms with Crippen molar-refractivity contribution in [2.75, 3.05) is 13.7 Å². The van der Waals surface area contributed by atoms with E-state index in [4.69, 9.17) is 9.47 Å². The summed E-state index contributed by atoms with van der Waals surface area (Å²) in [5.41, 5.74) is 0.531. The average Bonchev–Trinajstić information content (AvgIpc) is 2.54. The maximum Gasteiger partial charge on any atom is 0.430 e. The fraction of sp³-hybridized carbons (Fsp3) is 0.471. The molecule has 0 spiro atoms. The molecular formula is C17H21F3O4. The fourth-order valence-electron chi connectivity index (χ4n) is 2.18. The second-order valence-corrected chi connectivity index (χ2v) is 4.72. The summed E-state index contributed by atoms with van der Waals surface area (Å²) >= 11 is 0. The van der Waals surface area contributed by atoms with Crippen molar-refractivity contribution >= 4 is 12.0 Å². The number of benzene rings is 1. The molecule has 4 nitrogen and oxygen atoms in total. The number of carbonyl (C=O) groups is 1. The molecule has 0 radical (unpaired) electrons. The summed E-state index contributed by atoms with van der Waals surface area (Å²) in [5, 5.41) is 0. The van der Waals surface area contributed by atoms with Crippen LogP contribution < -0.4 is 9.47 Å². The van der Waals surface area contributed by atoms with Gasteiger partial charge in [-0.05, 0) is 31.6 Å². The van der Waals surface area contributed by atoms with Gasteiger partial charge < -0.3 is 14.2 Å². The van der Waals surface area contributed by atoms with Crippen LogP contribution in [0.3, 0.4) is 0 Å². The summed E-state index contributed by atoms with van der Waals surface area (Å²) in [5.74, 6) is -0.616. The molecule has 2 rings (SSSR count). The smallest absolute Gasteiger partial charge is 0.430 e. The average molecular weight is 346 g/mol. The molecule has 1 aromatic rings. The van der Waals surface area contributed by atoms with Gasteiger partial charge in [-0.1, -0.05) is 13.8 Å². The van der Waals surface area contributed by atoms with Crippen molar-refractivity contribution in [3.8, 4) is 11.5 Å². The van der Waals surface area contributed by atoms with Crippen molar-refractivity contribution in [1.29, 1.82) is 0 Å². The van der Waals surface area contributed by atoms with Gasteiger partial charge in [-0.3, -0.25) is 0 Å². The molecule has 1 heterocycles. The Bertz CT molecular complexity index is 621. The lowest BCUT2D eigenvalue weighted by atomic mass is 9.99. The van der Waals surface area contributed by atoms with Crippen LogP contribution in [0.4, 0.5) is 13.2 Å². The maximum absolute atomic E-state index is 13.1. The number of halogens is 3. The SMILES string of the molecule is CC.CCOC(=O)C1=Cc2cc(C)c(OC)cc2OC1C(F)(F)F. The second-order valence-electron chi connectivity index (χ2n) is 4.72. The fourth-order valence-corrected chi connectivity index (χ4v) is 2.18. The van der Waals surface area contributed by atoms with Crippen molar-refractivity contribution in [3.63, 3.8) is 0 Å². The maximum atomic E-state index is 13.1. The molecule has 0 saturated carbocycles. The lowest BCUT2D eigenvalue weighted by Crippen LogP contribution is -2.40. The number of alkyl halides is 3. The van der Waals surface area contributed by atoms with Crippen LogP contribution in [0.25, 0.3) is 6.08 Å². The van der Waals surface area contributed by atoms with Crippen LogP contribution in [0.2, 0.25) is 0 Å². The first-order valence-corrected chi connectivity index (χ1v) is 7.58. The number of esters is 1. The molecule has 1 aromatic carbocycles. The zero-order valence-electron chi connectivity index (χ0n) is 14.3. The molecule has 1 atom stereocenters. The van der Waals surface area contributed by atoms with Gasteiger partial charge in [0.2, 0.25) is 6.10 Å². The Kier molecular flexibility index (Phi) is 6.69. The first-order valence-electron chi connectivity index (χ1n) is 7.58. The van der Waals surface area contributed by atoms with Gasteiger partial charge in [0.1, 0.15) is 11.5 Å². The Morgan fingerprint density at radius 3 is 2.42 bits per heavy atom. The van der Waals surface area contributed by atoms with E-state index in [-0.39, 0.29) is 12.4 Å². The third-order valence-electron chi connectivity index (χ3n) is 3.17. The van der Waals surface area contributed by atoms with E-state index in [0.717, 1.165) is 11.6 Å². The van der Waals surface area contributed by atoms with Gasteiger partial charge in [0.15, 0.2) is 0 Å². The molecule has 0 N–H and O–H groups in total. The third-order valence-corrected chi connectivity index (χ3v) is 3.17. The Labute approximate surface area is 139 Å². The molecule has 134 valence electrons. The summed E-state index contributed by atoms with van der Waals surface area (Å²) in [4.78, 5) is 11.8. The lowest BCUT2D eigenvalue weighted by Gasteiger charge is -2.28. The highest BCUT2D eigenvalue weighted by molar-refractivity contribution is 5.96. The molecule has 0 aliphatic carbocycles. The Hall–Kier alpha value is -2.18. The van der Waals surface area contributed by atoms with Crippen molar-refractivity contribution in [2.24, 2.45) is 0 Å². The van der Waals surface area contributed by atoms with Gasteiger partial charge >= 0.3 is 12.1 Å². The highest BCUT2D eigenvalue weighted by Gasteiger charge is 2.48. The van der Waals surface area contributed by atoms with Gasteiger partial charge in [0.05, 0.1) is 19.3 Å². The first kappa shape index (κ1) is 19.9. The van der Waals surface area contributed by atoms with Gasteiger partial charge in [-0.2, -0.15) is 13.2 Å². The minimum Gasteiger partial charge on any atom is -0.496 e. The number of carbonyl (C=O) groups excluding carboxylic acids is 1. The molecule has 24 heavy (non-hydrogen) atoms. The quantitative estimate of drug-likeness (QED) is 0.766. The van der Waals surface area contributed by atoms with Gasteiger partial charge in [0, 0.05) is 11.6 Å². The van der Waals surface area contributed by atoms with Crippen molar-refractivity contribution in [1.82, 2.24) is 0 Å². The van der Waals surface area contributed by atoms with Crippen LogP contribution in [0.15, 0.2) is 17.7 Å². The Morgan fingerprint density at radius 1 is 1.29 bits per heavy atom. The first-order chi connectivity index (χ1) is 11.3. The van der Waals surface area contributed by atoms with Crippen LogP contribution in [-0.4, -0.2) is 32.0 Å². The van der Waals surface area contributed by atoms with Crippen LogP contribution in [0.1, 0.15) is 31.9 Å². The summed E-state index contributed by atoms with van der Waals surface area (Å²) < 4.78 is 54.2. The molecule has 1 aliphatic heterocycles. The normalized spacial score (nSPS) is 16.0. The topological polar surface area (TPSA) is 44.8 Å². The largest absolute Gasteiger partial charge is 0.496 e. The molecule has 0 bridgehead atoms. The summed E-state index contributed by atoms with van der Waals surface area (Å²) in [6.07, 6.45) is -5.93. The molecule has 1 aliphatic rings. The molecule has 7 heteroatoms. The van der Waals surface area contributed by atoms with Crippen molar-refractivity contribution in [3.05, 3.63) is 28.8 Å². The number of ether oxygens (including phenoxy) is 3. The minimum absolute atomic E-state index is 0.0119. The summed E-state index contributed by atoms with van der Waals surface area (Å²) in [6, 6.07) is 2.97. The predicted octanol–water partition coefficient (Wildman–Crippen LogP) is 4.30. The van der Waals surface area contributed by atoms with E-state index in [9.17, 15) is 18.0 Å². The standard InChI is InChI=1S/C15H15F3O4.C2H6/c1-4-21-14(19)10-6-9-5-8(2)11(20-3)7-12(9)22-13(10)15(16,17)18;1-2/h5-7,13H,4H2,1-3H3;1-2H3. The van der Waals surface area contributed by atoms with E-state index in [0.29, 0.717) is 11.3 Å². The monoisotopic (exact) mass is 346 g/mol. The van der Waals surface area contributed by atoms with Gasteiger partial charge in [0.25, 0.3) is 0 Å². The molecule has 1 unspecified atom stereocenters. The zero-order valence-corrected chi connectivity index (χ0v) is 14.3. The second kappa shape index (κ2) is 8.08. The Morgan fingerprint density at radius 2 is 1.92 bits per heavy atom. The van der Waals surface area contributed by atoms with Crippen LogP contribution in [-0.2, 0) is 9.53 Å². The number of aryl methyl sites for hydroxylation is 1. The number of rotatable bonds is 3. The van der Waals surface area contributed by atoms with E-state index in [2.05, 4.69) is 4.74 Å². The van der Waals surface area contributed by atoms with Crippen molar-refractivity contribution in [2.45, 2.75) is 40.0 Å².